The molecule has 2 aromatic carbocycles. The van der Waals surface area contributed by atoms with Crippen LogP contribution in [0.5, 0.6) is 11.5 Å². The molecule has 100 valence electrons. The van der Waals surface area contributed by atoms with E-state index in [-0.39, 0.29) is 5.75 Å². The third kappa shape index (κ3) is 2.03. The van der Waals surface area contributed by atoms with Crippen molar-refractivity contribution in [1.29, 1.82) is 0 Å². The highest BCUT2D eigenvalue weighted by molar-refractivity contribution is 5.94. The normalized spacial score (nSPS) is 10.7. The molecule has 0 unspecified atom stereocenters. The summed E-state index contributed by atoms with van der Waals surface area (Å²) in [6.45, 7) is 0. The smallest absolute Gasteiger partial charge is 0.201 e. The van der Waals surface area contributed by atoms with Crippen molar-refractivity contribution in [2.24, 2.45) is 0 Å². The van der Waals surface area contributed by atoms with Crippen molar-refractivity contribution in [3.63, 3.8) is 0 Å². The molecule has 3 aromatic rings. The summed E-state index contributed by atoms with van der Waals surface area (Å²) in [7, 11) is 0. The number of nitrogens with two attached hydrogens (primary N) is 1. The molecular weight excluding hydrogens is 262 g/mol. The zero-order chi connectivity index (χ0) is 14.1. The van der Waals surface area contributed by atoms with Crippen molar-refractivity contribution < 1.29 is 13.5 Å². The number of halogens is 2. The second kappa shape index (κ2) is 4.77. The number of pyridine rings is 1. The van der Waals surface area contributed by atoms with Crippen LogP contribution in [-0.2, 0) is 0 Å². The van der Waals surface area contributed by atoms with Crippen molar-refractivity contribution in [1.82, 2.24) is 4.98 Å². The predicted octanol–water partition coefficient (Wildman–Crippen LogP) is 3.89. The molecule has 0 bridgehead atoms. The molecule has 0 saturated heterocycles. The summed E-state index contributed by atoms with van der Waals surface area (Å²) in [5.41, 5.74) is 6.88. The van der Waals surface area contributed by atoms with Crippen LogP contribution < -0.4 is 10.5 Å². The monoisotopic (exact) mass is 272 g/mol. The second-order valence-electron chi connectivity index (χ2n) is 4.21. The highest BCUT2D eigenvalue weighted by Crippen LogP contribution is 2.33. The van der Waals surface area contributed by atoms with Crippen molar-refractivity contribution in [3.05, 3.63) is 60.3 Å². The number of ether oxygens (including phenoxy) is 1. The summed E-state index contributed by atoms with van der Waals surface area (Å²) in [6.07, 6.45) is 1.58. The van der Waals surface area contributed by atoms with Gasteiger partial charge in [-0.25, -0.2) is 4.39 Å². The number of nitrogen functional groups attached to an aromatic ring is 1. The molecule has 2 N–H and O–H groups in total. The van der Waals surface area contributed by atoms with Crippen LogP contribution in [0.3, 0.4) is 0 Å². The number of rotatable bonds is 2. The first-order valence-electron chi connectivity index (χ1n) is 5.92. The molecule has 5 heteroatoms. The number of benzene rings is 2. The fourth-order valence-corrected chi connectivity index (χ4v) is 1.93. The lowest BCUT2D eigenvalue weighted by molar-refractivity contribution is 0.418. The van der Waals surface area contributed by atoms with Crippen molar-refractivity contribution in [2.75, 3.05) is 5.73 Å². The summed E-state index contributed by atoms with van der Waals surface area (Å²) >= 11 is 0. The quantitative estimate of drug-likeness (QED) is 0.720. The largest absolute Gasteiger partial charge is 0.452 e. The molecule has 1 aromatic heterocycles. The van der Waals surface area contributed by atoms with E-state index in [1.54, 1.807) is 30.5 Å². The van der Waals surface area contributed by atoms with Crippen LogP contribution in [0.1, 0.15) is 0 Å². The lowest BCUT2D eigenvalue weighted by atomic mass is 10.1. The minimum atomic E-state index is -1.03. The second-order valence-corrected chi connectivity index (χ2v) is 4.21. The molecule has 0 aliphatic heterocycles. The van der Waals surface area contributed by atoms with Gasteiger partial charge in [0.15, 0.2) is 17.3 Å². The molecule has 3 rings (SSSR count). The van der Waals surface area contributed by atoms with Gasteiger partial charge in [0.2, 0.25) is 5.82 Å². The van der Waals surface area contributed by atoms with Crippen LogP contribution in [0.4, 0.5) is 14.5 Å². The molecule has 3 nitrogen and oxygen atoms in total. The Hall–Kier alpha value is -2.69. The van der Waals surface area contributed by atoms with E-state index in [4.69, 9.17) is 10.5 Å². The van der Waals surface area contributed by atoms with Crippen LogP contribution >= 0.6 is 0 Å². The van der Waals surface area contributed by atoms with E-state index in [2.05, 4.69) is 4.98 Å². The first kappa shape index (κ1) is 12.3. The van der Waals surface area contributed by atoms with Crippen LogP contribution in [-0.4, -0.2) is 4.98 Å². The van der Waals surface area contributed by atoms with Gasteiger partial charge < -0.3 is 10.5 Å². The maximum atomic E-state index is 13.6. The zero-order valence-electron chi connectivity index (χ0n) is 10.3. The average molecular weight is 272 g/mol. The standard InChI is InChI=1S/C15H10F2N2O/c16-10-4-1-5-12(14(10)17)20-13-7-6-11(18)9-3-2-8-19-15(9)13/h1-8H,18H2. The van der Waals surface area contributed by atoms with Crippen LogP contribution in [0.15, 0.2) is 48.7 Å². The Kier molecular flexibility index (Phi) is 2.95. The molecule has 1 heterocycles. The van der Waals surface area contributed by atoms with Gasteiger partial charge in [-0.3, -0.25) is 4.98 Å². The van der Waals surface area contributed by atoms with Gasteiger partial charge in [0, 0.05) is 17.3 Å². The molecule has 20 heavy (non-hydrogen) atoms. The van der Waals surface area contributed by atoms with Crippen LogP contribution in [0, 0.1) is 11.6 Å². The molecule has 0 spiro atoms. The Morgan fingerprint density at radius 3 is 2.65 bits per heavy atom. The van der Waals surface area contributed by atoms with E-state index in [0.717, 1.165) is 6.07 Å². The third-order valence-corrected chi connectivity index (χ3v) is 2.90. The van der Waals surface area contributed by atoms with Gasteiger partial charge in [-0.05, 0) is 36.4 Å². The van der Waals surface area contributed by atoms with E-state index >= 15 is 0 Å². The Balaban J connectivity index is 2.12. The lowest BCUT2D eigenvalue weighted by Gasteiger charge is -2.10. The Bertz CT molecular complexity index is 790. The fourth-order valence-electron chi connectivity index (χ4n) is 1.93. The Morgan fingerprint density at radius 2 is 1.80 bits per heavy atom. The van der Waals surface area contributed by atoms with Gasteiger partial charge in [-0.1, -0.05) is 6.07 Å². The topological polar surface area (TPSA) is 48.1 Å². The van der Waals surface area contributed by atoms with Crippen LogP contribution in [0.25, 0.3) is 10.9 Å². The van der Waals surface area contributed by atoms with Gasteiger partial charge in [-0.2, -0.15) is 4.39 Å². The third-order valence-electron chi connectivity index (χ3n) is 2.90. The van der Waals surface area contributed by atoms with Gasteiger partial charge in [-0.15, -0.1) is 0 Å². The van der Waals surface area contributed by atoms with E-state index in [9.17, 15) is 8.78 Å². The first-order chi connectivity index (χ1) is 9.66. The first-order valence-corrected chi connectivity index (χ1v) is 5.92. The van der Waals surface area contributed by atoms with Gasteiger partial charge in [0.05, 0.1) is 0 Å². The molecule has 0 aliphatic carbocycles. The Morgan fingerprint density at radius 1 is 0.950 bits per heavy atom. The number of nitrogens with zero attached hydrogens (tertiary/aromatic N) is 1. The molecule has 0 amide bonds. The summed E-state index contributed by atoms with van der Waals surface area (Å²) in [5, 5.41) is 0.696. The molecular formula is C15H10F2N2O. The predicted molar refractivity (Wildman–Crippen MR) is 72.6 cm³/mol. The number of fused-ring (bicyclic) bond motifs is 1. The fraction of sp³-hybridized carbons (Fsp3) is 0. The lowest BCUT2D eigenvalue weighted by Crippen LogP contribution is -1.95. The number of hydrogen-bond donors (Lipinski definition) is 1. The Labute approximate surface area is 113 Å². The minimum Gasteiger partial charge on any atom is -0.452 e. The van der Waals surface area contributed by atoms with Crippen molar-refractivity contribution in [3.8, 4) is 11.5 Å². The average Bonchev–Trinajstić information content (AvgIpc) is 2.47. The summed E-state index contributed by atoms with van der Waals surface area (Å²) in [5.74, 6) is -1.87. The molecule has 0 atom stereocenters. The van der Waals surface area contributed by atoms with Crippen LogP contribution in [0.2, 0.25) is 0 Å². The summed E-state index contributed by atoms with van der Waals surface area (Å²) < 4.78 is 32.2. The number of hydrogen-bond acceptors (Lipinski definition) is 3. The SMILES string of the molecule is Nc1ccc(Oc2cccc(F)c2F)c2ncccc12. The number of anilines is 1. The molecule has 0 radical (unpaired) electrons. The van der Waals surface area contributed by atoms with E-state index < -0.39 is 11.6 Å². The zero-order valence-corrected chi connectivity index (χ0v) is 10.3. The number of aromatic nitrogens is 1. The molecule has 0 saturated carbocycles. The van der Waals surface area contributed by atoms with Gasteiger partial charge >= 0.3 is 0 Å². The van der Waals surface area contributed by atoms with E-state index in [0.29, 0.717) is 22.3 Å². The van der Waals surface area contributed by atoms with Crippen molar-refractivity contribution in [2.45, 2.75) is 0 Å². The van der Waals surface area contributed by atoms with Crippen molar-refractivity contribution >= 4 is 16.6 Å². The van der Waals surface area contributed by atoms with E-state index in [1.807, 2.05) is 0 Å². The summed E-state index contributed by atoms with van der Waals surface area (Å²) in [6, 6.07) is 10.5. The minimum absolute atomic E-state index is 0.193. The highest BCUT2D eigenvalue weighted by Gasteiger charge is 2.12. The van der Waals surface area contributed by atoms with Gasteiger partial charge in [0.1, 0.15) is 5.52 Å². The van der Waals surface area contributed by atoms with Gasteiger partial charge in [0.25, 0.3) is 0 Å². The maximum absolute atomic E-state index is 13.6. The maximum Gasteiger partial charge on any atom is 0.201 e. The molecule has 0 fully saturated rings. The highest BCUT2D eigenvalue weighted by atomic mass is 19.2. The summed E-state index contributed by atoms with van der Waals surface area (Å²) in [4.78, 5) is 4.17. The molecule has 0 aliphatic rings. The van der Waals surface area contributed by atoms with E-state index in [1.165, 1.54) is 12.1 Å².